The first kappa shape index (κ1) is 22.6. The molecule has 0 spiro atoms. The van der Waals surface area contributed by atoms with E-state index in [-0.39, 0.29) is 0 Å². The number of fused-ring (bicyclic) bond motifs is 1. The van der Waals surface area contributed by atoms with Gasteiger partial charge in [-0.05, 0) is 85.5 Å². The van der Waals surface area contributed by atoms with Gasteiger partial charge >= 0.3 is 14.2 Å². The summed E-state index contributed by atoms with van der Waals surface area (Å²) >= 11 is 0. The Morgan fingerprint density at radius 2 is 1.39 bits per heavy atom. The number of hydrogen-bond acceptors (Lipinski definition) is 5. The number of aromatic nitrogens is 2. The quantitative estimate of drug-likeness (QED) is 0.701. The summed E-state index contributed by atoms with van der Waals surface area (Å²) in [7, 11) is -1.03. The van der Waals surface area contributed by atoms with Crippen LogP contribution in [0, 0.1) is 0 Å². The van der Waals surface area contributed by atoms with Gasteiger partial charge in [-0.15, -0.1) is 0 Å². The van der Waals surface area contributed by atoms with Crippen LogP contribution in [0.2, 0.25) is 0 Å². The summed E-state index contributed by atoms with van der Waals surface area (Å²) in [5.74, 6) is 0. The molecule has 4 rings (SSSR count). The zero-order chi connectivity index (χ0) is 22.8. The Bertz CT molecular complexity index is 961. The van der Waals surface area contributed by atoms with Gasteiger partial charge in [-0.2, -0.15) is 0 Å². The Kier molecular flexibility index (Phi) is 5.25. The van der Waals surface area contributed by atoms with E-state index in [0.717, 1.165) is 34.1 Å². The van der Waals surface area contributed by atoms with Gasteiger partial charge in [0.2, 0.25) is 0 Å². The van der Waals surface area contributed by atoms with Gasteiger partial charge in [-0.1, -0.05) is 6.92 Å². The molecule has 2 aliphatic heterocycles. The highest BCUT2D eigenvalue weighted by Gasteiger charge is 2.56. The maximum atomic E-state index is 6.49. The van der Waals surface area contributed by atoms with E-state index < -0.39 is 36.6 Å². The Hall–Kier alpha value is -1.60. The van der Waals surface area contributed by atoms with Crippen LogP contribution < -0.4 is 0 Å². The van der Waals surface area contributed by atoms with Crippen LogP contribution in [0.1, 0.15) is 74.4 Å². The molecule has 8 heteroatoms. The van der Waals surface area contributed by atoms with Crippen molar-refractivity contribution in [2.24, 2.45) is 0 Å². The van der Waals surface area contributed by atoms with Gasteiger partial charge in [0.05, 0.1) is 22.4 Å². The molecule has 0 aliphatic carbocycles. The van der Waals surface area contributed by atoms with Crippen LogP contribution in [-0.2, 0) is 18.6 Å². The van der Waals surface area contributed by atoms with Crippen LogP contribution in [0.4, 0.5) is 0 Å². The molecular formula is C23H34B2N2O4. The maximum absolute atomic E-state index is 6.49. The van der Waals surface area contributed by atoms with Gasteiger partial charge in [0.25, 0.3) is 0 Å². The molecule has 2 saturated heterocycles. The maximum Gasteiger partial charge on any atom is 0.496 e. The molecule has 0 bridgehead atoms. The molecular weight excluding hydrogens is 390 g/mol. The van der Waals surface area contributed by atoms with Crippen LogP contribution in [0.15, 0.2) is 29.9 Å². The molecule has 2 aromatic heterocycles. The average Bonchev–Trinajstić information content (AvgIpc) is 3.22. The molecule has 4 heterocycles. The van der Waals surface area contributed by atoms with Gasteiger partial charge in [-0.3, -0.25) is 0 Å². The van der Waals surface area contributed by atoms with Crippen LogP contribution in [-0.4, -0.2) is 46.6 Å². The Labute approximate surface area is 186 Å². The molecule has 2 aliphatic rings. The molecule has 0 atom stereocenters. The molecule has 31 heavy (non-hydrogen) atoms. The first-order chi connectivity index (χ1) is 14.3. The molecule has 166 valence electrons. The van der Waals surface area contributed by atoms with Crippen LogP contribution in [0.25, 0.3) is 16.5 Å². The van der Waals surface area contributed by atoms with Crippen LogP contribution >= 0.6 is 0 Å². The minimum Gasteiger partial charge on any atom is -0.400 e. The van der Waals surface area contributed by atoms with E-state index >= 15 is 0 Å². The van der Waals surface area contributed by atoms with Gasteiger partial charge < -0.3 is 23.6 Å². The predicted molar refractivity (Wildman–Crippen MR) is 125 cm³/mol. The summed E-state index contributed by atoms with van der Waals surface area (Å²) in [6.45, 7) is 18.7. The Morgan fingerprint density at radius 1 is 0.871 bits per heavy atom. The molecule has 0 radical (unpaired) electrons. The number of H-pyrrole nitrogens is 1. The lowest BCUT2D eigenvalue weighted by molar-refractivity contribution is 0.00578. The topological polar surface area (TPSA) is 65.6 Å². The van der Waals surface area contributed by atoms with Crippen molar-refractivity contribution < 1.29 is 18.6 Å². The fourth-order valence-corrected chi connectivity index (χ4v) is 3.98. The van der Waals surface area contributed by atoms with Crippen molar-refractivity contribution in [3.63, 3.8) is 0 Å². The second-order valence-corrected chi connectivity index (χ2v) is 10.6. The van der Waals surface area contributed by atoms with E-state index in [1.807, 2.05) is 12.1 Å². The molecule has 2 aromatic rings. The molecule has 1 N–H and O–H groups in total. The lowest BCUT2D eigenvalue weighted by Crippen LogP contribution is -2.41. The normalized spacial score (nSPS) is 24.7. The fourth-order valence-electron chi connectivity index (χ4n) is 3.98. The van der Waals surface area contributed by atoms with E-state index in [4.69, 9.17) is 18.6 Å². The lowest BCUT2D eigenvalue weighted by atomic mass is 9.62. The monoisotopic (exact) mass is 424 g/mol. The largest absolute Gasteiger partial charge is 0.496 e. The van der Waals surface area contributed by atoms with Crippen molar-refractivity contribution in [1.82, 2.24) is 9.97 Å². The van der Waals surface area contributed by atoms with Crippen molar-refractivity contribution >= 4 is 30.7 Å². The number of pyridine rings is 1. The Balaban J connectivity index is 1.87. The standard InChI is InChI=1S/C23H34B2N2O4/c1-10-16(24-28-20(2,3)21(4,5)29-24)18(25-30-22(6,7)23(8,9)31-25)17-14-15-12-11-13-26-19(15)27-17/h11-14H,10H2,1-9H3,(H,26,27)/b18-16-. The van der Waals surface area contributed by atoms with E-state index in [2.05, 4.69) is 78.3 Å². The number of nitrogens with one attached hydrogen (secondary N) is 1. The zero-order valence-corrected chi connectivity index (χ0v) is 20.3. The van der Waals surface area contributed by atoms with Crippen molar-refractivity contribution in [1.29, 1.82) is 0 Å². The fraction of sp³-hybridized carbons (Fsp3) is 0.609. The van der Waals surface area contributed by atoms with E-state index in [1.165, 1.54) is 0 Å². The minimum atomic E-state index is -0.549. The van der Waals surface area contributed by atoms with Gasteiger partial charge in [0.15, 0.2) is 0 Å². The molecule has 0 amide bonds. The second kappa shape index (κ2) is 7.20. The smallest absolute Gasteiger partial charge is 0.400 e. The molecule has 2 fully saturated rings. The van der Waals surface area contributed by atoms with Crippen molar-refractivity contribution in [2.45, 2.75) is 91.1 Å². The number of allylic oxidation sites excluding steroid dienone is 1. The highest BCUT2D eigenvalue weighted by molar-refractivity contribution is 6.73. The third kappa shape index (κ3) is 3.67. The third-order valence-corrected chi connectivity index (χ3v) is 7.44. The number of rotatable bonds is 4. The van der Waals surface area contributed by atoms with Crippen LogP contribution in [0.3, 0.4) is 0 Å². The van der Waals surface area contributed by atoms with Crippen LogP contribution in [0.5, 0.6) is 0 Å². The van der Waals surface area contributed by atoms with Gasteiger partial charge in [0.1, 0.15) is 5.65 Å². The van der Waals surface area contributed by atoms with E-state index in [9.17, 15) is 0 Å². The summed E-state index contributed by atoms with van der Waals surface area (Å²) in [5, 5.41) is 1.04. The minimum absolute atomic E-state index is 0.429. The zero-order valence-electron chi connectivity index (χ0n) is 20.3. The summed E-state index contributed by atoms with van der Waals surface area (Å²) in [6.07, 6.45) is 2.52. The number of hydrogen-bond donors (Lipinski definition) is 1. The van der Waals surface area contributed by atoms with E-state index in [1.54, 1.807) is 6.20 Å². The lowest BCUT2D eigenvalue weighted by Gasteiger charge is -2.32. The summed E-state index contributed by atoms with van der Waals surface area (Å²) in [5.41, 5.74) is 1.92. The molecule has 0 saturated carbocycles. The van der Waals surface area contributed by atoms with Crippen molar-refractivity contribution in [3.8, 4) is 0 Å². The molecule has 6 nitrogen and oxygen atoms in total. The predicted octanol–water partition coefficient (Wildman–Crippen LogP) is 4.99. The second-order valence-electron chi connectivity index (χ2n) is 10.6. The van der Waals surface area contributed by atoms with Gasteiger partial charge in [0, 0.05) is 22.7 Å². The average molecular weight is 424 g/mol. The highest BCUT2D eigenvalue weighted by Crippen LogP contribution is 2.45. The first-order valence-corrected chi connectivity index (χ1v) is 11.2. The third-order valence-electron chi connectivity index (χ3n) is 7.44. The summed E-state index contributed by atoms with van der Waals surface area (Å²) in [4.78, 5) is 7.94. The number of aromatic amines is 1. The van der Waals surface area contributed by atoms with Crippen molar-refractivity contribution in [3.05, 3.63) is 35.6 Å². The molecule has 0 unspecified atom stereocenters. The highest BCUT2D eigenvalue weighted by atomic mass is 16.7. The number of nitrogens with zero attached hydrogens (tertiary/aromatic N) is 1. The Morgan fingerprint density at radius 3 is 1.87 bits per heavy atom. The SMILES string of the molecule is CC/C(B1OC(C)(C)C(C)(C)O1)=C(/B1OC(C)(C)C(C)(C)O1)c1cc2cccnc2[nH]1. The van der Waals surface area contributed by atoms with Gasteiger partial charge in [-0.25, -0.2) is 4.98 Å². The summed E-state index contributed by atoms with van der Waals surface area (Å²) in [6, 6.07) is 6.08. The van der Waals surface area contributed by atoms with E-state index in [0.29, 0.717) is 0 Å². The summed E-state index contributed by atoms with van der Waals surface area (Å²) < 4.78 is 25.9. The van der Waals surface area contributed by atoms with Crippen molar-refractivity contribution in [2.75, 3.05) is 0 Å². The first-order valence-electron chi connectivity index (χ1n) is 11.2. The molecule has 0 aromatic carbocycles.